The van der Waals surface area contributed by atoms with Gasteiger partial charge in [-0.05, 0) is 24.3 Å². The molecule has 1 aromatic carbocycles. The van der Waals surface area contributed by atoms with Crippen LogP contribution in [0.1, 0.15) is 18.7 Å². The summed E-state index contributed by atoms with van der Waals surface area (Å²) in [6.07, 6.45) is 1.75. The average molecular weight is 280 g/mol. The lowest BCUT2D eigenvalue weighted by Crippen LogP contribution is -1.96. The molecular formula is C13H16N2O3S. The van der Waals surface area contributed by atoms with Gasteiger partial charge in [0.1, 0.15) is 11.6 Å². The highest BCUT2D eigenvalue weighted by molar-refractivity contribution is 7.99. The summed E-state index contributed by atoms with van der Waals surface area (Å²) >= 11 is 1.73. The molecule has 5 nitrogen and oxygen atoms in total. The molecule has 6 heteroatoms. The molecule has 0 bridgehead atoms. The Bertz CT molecular complexity index is 568. The van der Waals surface area contributed by atoms with E-state index in [0.717, 1.165) is 34.8 Å². The Morgan fingerprint density at radius 3 is 3.00 bits per heavy atom. The van der Waals surface area contributed by atoms with Crippen molar-refractivity contribution in [3.05, 3.63) is 24.0 Å². The summed E-state index contributed by atoms with van der Waals surface area (Å²) in [7, 11) is 0. The van der Waals surface area contributed by atoms with Crippen molar-refractivity contribution in [1.29, 1.82) is 0 Å². The fourth-order valence-electron chi connectivity index (χ4n) is 1.77. The Morgan fingerprint density at radius 1 is 1.37 bits per heavy atom. The van der Waals surface area contributed by atoms with Crippen LogP contribution in [-0.2, 0) is 11.2 Å². The van der Waals surface area contributed by atoms with Crippen LogP contribution in [-0.4, -0.2) is 37.7 Å². The highest BCUT2D eigenvalue weighted by atomic mass is 32.2. The van der Waals surface area contributed by atoms with E-state index in [1.807, 2.05) is 0 Å². The molecule has 0 spiro atoms. The van der Waals surface area contributed by atoms with Gasteiger partial charge >= 0.3 is 5.97 Å². The van der Waals surface area contributed by atoms with E-state index in [2.05, 4.69) is 9.97 Å². The number of aliphatic carboxylic acids is 1. The topological polar surface area (TPSA) is 86.2 Å². The van der Waals surface area contributed by atoms with Crippen LogP contribution in [0.5, 0.6) is 5.75 Å². The molecule has 1 aromatic heterocycles. The Hall–Kier alpha value is -1.69. The number of aromatic amines is 1. The molecular weight excluding hydrogens is 264 g/mol. The van der Waals surface area contributed by atoms with E-state index in [1.165, 1.54) is 0 Å². The smallest absolute Gasteiger partial charge is 0.303 e. The zero-order valence-electron chi connectivity index (χ0n) is 10.4. The van der Waals surface area contributed by atoms with Crippen molar-refractivity contribution in [1.82, 2.24) is 9.97 Å². The van der Waals surface area contributed by atoms with E-state index in [9.17, 15) is 9.90 Å². The number of hydrogen-bond acceptors (Lipinski definition) is 4. The molecule has 0 radical (unpaired) electrons. The van der Waals surface area contributed by atoms with E-state index in [1.54, 1.807) is 30.0 Å². The number of nitrogens with one attached hydrogen (secondary N) is 1. The summed E-state index contributed by atoms with van der Waals surface area (Å²) in [4.78, 5) is 17.9. The molecule has 3 N–H and O–H groups in total. The van der Waals surface area contributed by atoms with E-state index in [-0.39, 0.29) is 12.2 Å². The number of benzene rings is 1. The number of rotatable bonds is 7. The van der Waals surface area contributed by atoms with Gasteiger partial charge in [-0.1, -0.05) is 0 Å². The van der Waals surface area contributed by atoms with Gasteiger partial charge < -0.3 is 15.2 Å². The Balaban J connectivity index is 1.77. The number of nitrogens with zero attached hydrogens (tertiary/aromatic N) is 1. The van der Waals surface area contributed by atoms with Gasteiger partial charge in [0.05, 0.1) is 11.0 Å². The minimum Gasteiger partial charge on any atom is -0.508 e. The number of carboxylic acid groups (broad SMARTS) is 1. The number of thioether (sulfide) groups is 1. The third-order valence-electron chi connectivity index (χ3n) is 2.68. The molecule has 2 aromatic rings. The highest BCUT2D eigenvalue weighted by Crippen LogP contribution is 2.18. The van der Waals surface area contributed by atoms with Gasteiger partial charge in [-0.15, -0.1) is 0 Å². The first-order valence-corrected chi connectivity index (χ1v) is 7.28. The Labute approximate surface area is 115 Å². The number of carboxylic acids is 1. The standard InChI is InChI=1S/C13H16N2O3S/c16-9-3-4-10-11(8-9)15-12(14-10)5-7-19-6-1-2-13(17)18/h3-4,8,16H,1-2,5-7H2,(H,14,15)(H,17,18). The van der Waals surface area contributed by atoms with Crippen LogP contribution >= 0.6 is 11.8 Å². The summed E-state index contributed by atoms with van der Waals surface area (Å²) in [5, 5.41) is 17.9. The van der Waals surface area contributed by atoms with Crippen LogP contribution in [0.3, 0.4) is 0 Å². The van der Waals surface area contributed by atoms with Crippen molar-refractivity contribution < 1.29 is 15.0 Å². The second-order valence-corrected chi connectivity index (χ2v) is 5.47. The average Bonchev–Trinajstić information content (AvgIpc) is 2.75. The fourth-order valence-corrected chi connectivity index (χ4v) is 2.66. The van der Waals surface area contributed by atoms with Gasteiger partial charge in [-0.25, -0.2) is 4.98 Å². The number of phenolic OH excluding ortho intramolecular Hbond substituents is 1. The maximum absolute atomic E-state index is 10.3. The van der Waals surface area contributed by atoms with E-state index < -0.39 is 5.97 Å². The first kappa shape index (κ1) is 13.7. The molecule has 0 saturated heterocycles. The lowest BCUT2D eigenvalue weighted by molar-refractivity contribution is -0.137. The van der Waals surface area contributed by atoms with Gasteiger partial charge in [-0.3, -0.25) is 4.79 Å². The second kappa shape index (κ2) is 6.47. The molecule has 0 atom stereocenters. The summed E-state index contributed by atoms with van der Waals surface area (Å²) in [5.41, 5.74) is 1.69. The predicted octanol–water partition coefficient (Wildman–Crippen LogP) is 2.41. The number of carbonyl (C=O) groups is 1. The molecule has 0 aliphatic rings. The quantitative estimate of drug-likeness (QED) is 0.678. The van der Waals surface area contributed by atoms with Crippen molar-refractivity contribution in [2.45, 2.75) is 19.3 Å². The maximum atomic E-state index is 10.3. The molecule has 19 heavy (non-hydrogen) atoms. The second-order valence-electron chi connectivity index (χ2n) is 4.24. The summed E-state index contributed by atoms with van der Waals surface area (Å²) in [5.74, 6) is 2.15. The summed E-state index contributed by atoms with van der Waals surface area (Å²) < 4.78 is 0. The largest absolute Gasteiger partial charge is 0.508 e. The Kier molecular flexibility index (Phi) is 4.68. The molecule has 0 aliphatic heterocycles. The molecule has 0 fully saturated rings. The van der Waals surface area contributed by atoms with Crippen molar-refractivity contribution in [2.24, 2.45) is 0 Å². The third-order valence-corrected chi connectivity index (χ3v) is 3.75. The van der Waals surface area contributed by atoms with Gasteiger partial charge in [0.25, 0.3) is 0 Å². The minimum absolute atomic E-state index is 0.228. The predicted molar refractivity (Wildman–Crippen MR) is 75.7 cm³/mol. The molecule has 2 rings (SSSR count). The molecule has 0 saturated carbocycles. The first-order chi connectivity index (χ1) is 9.15. The number of aromatic nitrogens is 2. The van der Waals surface area contributed by atoms with Gasteiger partial charge in [0.15, 0.2) is 0 Å². The van der Waals surface area contributed by atoms with Crippen LogP contribution in [0.2, 0.25) is 0 Å². The number of phenols is 1. The summed E-state index contributed by atoms with van der Waals surface area (Å²) in [6, 6.07) is 5.06. The minimum atomic E-state index is -0.738. The number of aryl methyl sites for hydroxylation is 1. The highest BCUT2D eigenvalue weighted by Gasteiger charge is 2.03. The lowest BCUT2D eigenvalue weighted by Gasteiger charge is -1.98. The van der Waals surface area contributed by atoms with Gasteiger partial charge in [0, 0.05) is 24.7 Å². The van der Waals surface area contributed by atoms with Crippen LogP contribution in [0.4, 0.5) is 0 Å². The van der Waals surface area contributed by atoms with Gasteiger partial charge in [-0.2, -0.15) is 11.8 Å². The van der Waals surface area contributed by atoms with Crippen molar-refractivity contribution in [3.63, 3.8) is 0 Å². The first-order valence-electron chi connectivity index (χ1n) is 6.12. The maximum Gasteiger partial charge on any atom is 0.303 e. The zero-order valence-corrected chi connectivity index (χ0v) is 11.2. The van der Waals surface area contributed by atoms with Crippen LogP contribution < -0.4 is 0 Å². The van der Waals surface area contributed by atoms with Crippen molar-refractivity contribution in [3.8, 4) is 5.75 Å². The monoisotopic (exact) mass is 280 g/mol. The molecule has 0 aliphatic carbocycles. The molecule has 0 unspecified atom stereocenters. The van der Waals surface area contributed by atoms with Crippen LogP contribution in [0.25, 0.3) is 11.0 Å². The lowest BCUT2D eigenvalue weighted by atomic mass is 10.3. The van der Waals surface area contributed by atoms with Crippen molar-refractivity contribution in [2.75, 3.05) is 11.5 Å². The van der Waals surface area contributed by atoms with E-state index in [4.69, 9.17) is 5.11 Å². The van der Waals surface area contributed by atoms with Gasteiger partial charge in [0.2, 0.25) is 0 Å². The number of imidazole rings is 1. The SMILES string of the molecule is O=C(O)CCCSCCc1nc2ccc(O)cc2[nH]1. The number of aromatic hydroxyl groups is 1. The van der Waals surface area contributed by atoms with Crippen molar-refractivity contribution >= 4 is 28.8 Å². The van der Waals surface area contributed by atoms with Crippen LogP contribution in [0.15, 0.2) is 18.2 Å². The number of fused-ring (bicyclic) bond motifs is 1. The fraction of sp³-hybridized carbons (Fsp3) is 0.385. The zero-order chi connectivity index (χ0) is 13.7. The third kappa shape index (κ3) is 4.17. The molecule has 102 valence electrons. The Morgan fingerprint density at radius 2 is 2.21 bits per heavy atom. The number of H-pyrrole nitrogens is 1. The summed E-state index contributed by atoms with van der Waals surface area (Å²) in [6.45, 7) is 0. The van der Waals surface area contributed by atoms with E-state index >= 15 is 0 Å². The van der Waals surface area contributed by atoms with Crippen LogP contribution in [0, 0.1) is 0 Å². The van der Waals surface area contributed by atoms with E-state index in [0.29, 0.717) is 6.42 Å². The normalized spacial score (nSPS) is 10.9. The molecule has 0 amide bonds. The molecule has 1 heterocycles. The number of hydrogen-bond donors (Lipinski definition) is 3.